The van der Waals surface area contributed by atoms with Crippen LogP contribution >= 0.6 is 0 Å². The van der Waals surface area contributed by atoms with Crippen LogP contribution in [0, 0.1) is 10.1 Å². The van der Waals surface area contributed by atoms with Crippen LogP contribution in [-0.2, 0) is 17.8 Å². The minimum Gasteiger partial charge on any atom is -0.497 e. The summed E-state index contributed by atoms with van der Waals surface area (Å²) in [6, 6.07) is 13.6. The molecule has 0 aliphatic rings. The Hall–Kier alpha value is -3.75. The molecule has 0 bridgehead atoms. The van der Waals surface area contributed by atoms with E-state index in [4.69, 9.17) is 9.26 Å². The quantitative estimate of drug-likeness (QED) is 0.435. The summed E-state index contributed by atoms with van der Waals surface area (Å²) in [5.74, 6) is 1.47. The van der Waals surface area contributed by atoms with Gasteiger partial charge in [0.1, 0.15) is 5.75 Å². The predicted octanol–water partition coefficient (Wildman–Crippen LogP) is 3.29. The van der Waals surface area contributed by atoms with E-state index in [9.17, 15) is 14.9 Å². The average molecular weight is 396 g/mol. The van der Waals surface area contributed by atoms with Crippen molar-refractivity contribution >= 4 is 11.6 Å². The van der Waals surface area contributed by atoms with Crippen LogP contribution in [0.25, 0.3) is 11.4 Å². The number of rotatable bonds is 9. The molecule has 1 aromatic heterocycles. The van der Waals surface area contributed by atoms with Gasteiger partial charge in [0.2, 0.25) is 17.6 Å². The molecule has 9 heteroatoms. The zero-order valence-corrected chi connectivity index (χ0v) is 15.8. The number of carbonyl (C=O) groups excluding carboxylic acids is 1. The number of nitro benzene ring substituents is 1. The summed E-state index contributed by atoms with van der Waals surface area (Å²) in [5.41, 5.74) is 1.26. The summed E-state index contributed by atoms with van der Waals surface area (Å²) >= 11 is 0. The van der Waals surface area contributed by atoms with Gasteiger partial charge >= 0.3 is 0 Å². The Kier molecular flexibility index (Phi) is 6.51. The number of nitrogens with zero attached hydrogens (tertiary/aromatic N) is 3. The maximum absolute atomic E-state index is 12.0. The molecule has 0 fully saturated rings. The summed E-state index contributed by atoms with van der Waals surface area (Å²) in [5, 5.41) is 17.6. The van der Waals surface area contributed by atoms with Gasteiger partial charge in [-0.1, -0.05) is 23.4 Å². The lowest BCUT2D eigenvalue weighted by Gasteiger charge is -2.05. The topological polar surface area (TPSA) is 120 Å². The largest absolute Gasteiger partial charge is 0.497 e. The third-order valence-corrected chi connectivity index (χ3v) is 4.28. The minimum atomic E-state index is -0.461. The molecule has 0 saturated heterocycles. The molecule has 0 spiro atoms. The number of para-hydroxylation sites is 1. The van der Waals surface area contributed by atoms with Gasteiger partial charge in [-0.05, 0) is 30.7 Å². The van der Waals surface area contributed by atoms with E-state index in [-0.39, 0.29) is 24.6 Å². The lowest BCUT2D eigenvalue weighted by atomic mass is 10.1. The van der Waals surface area contributed by atoms with Gasteiger partial charge in [0, 0.05) is 36.6 Å². The van der Waals surface area contributed by atoms with Crippen molar-refractivity contribution in [2.75, 3.05) is 7.11 Å². The molecule has 0 aliphatic heterocycles. The number of nitro groups is 1. The molecule has 0 radical (unpaired) electrons. The SMILES string of the molecule is COc1ccc(-c2noc(CCCC(=O)NCc3ccccc3[N+](=O)[O-])n2)cc1. The molecule has 0 atom stereocenters. The molecule has 2 aromatic carbocycles. The Bertz CT molecular complexity index is 985. The highest BCUT2D eigenvalue weighted by Crippen LogP contribution is 2.20. The van der Waals surface area contributed by atoms with Crippen molar-refractivity contribution in [1.82, 2.24) is 15.5 Å². The van der Waals surface area contributed by atoms with Crippen molar-refractivity contribution in [3.8, 4) is 17.1 Å². The second-order valence-electron chi connectivity index (χ2n) is 6.26. The Morgan fingerprint density at radius 2 is 1.97 bits per heavy atom. The first-order valence-electron chi connectivity index (χ1n) is 9.03. The number of hydrogen-bond donors (Lipinski definition) is 1. The smallest absolute Gasteiger partial charge is 0.274 e. The third-order valence-electron chi connectivity index (χ3n) is 4.28. The van der Waals surface area contributed by atoms with Gasteiger partial charge < -0.3 is 14.6 Å². The molecule has 0 aliphatic carbocycles. The zero-order valence-electron chi connectivity index (χ0n) is 15.8. The van der Waals surface area contributed by atoms with Gasteiger partial charge in [-0.3, -0.25) is 14.9 Å². The van der Waals surface area contributed by atoms with Gasteiger partial charge in [0.15, 0.2) is 0 Å². The zero-order chi connectivity index (χ0) is 20.6. The summed E-state index contributed by atoms with van der Waals surface area (Å²) < 4.78 is 10.3. The normalized spacial score (nSPS) is 10.5. The maximum Gasteiger partial charge on any atom is 0.274 e. The number of aromatic nitrogens is 2. The highest BCUT2D eigenvalue weighted by Gasteiger charge is 2.13. The van der Waals surface area contributed by atoms with Crippen LogP contribution in [0.1, 0.15) is 24.3 Å². The summed E-state index contributed by atoms with van der Waals surface area (Å²) in [6.45, 7) is 0.109. The Labute approximate surface area is 166 Å². The second-order valence-corrected chi connectivity index (χ2v) is 6.26. The van der Waals surface area contributed by atoms with Crippen LogP contribution in [0.5, 0.6) is 5.75 Å². The number of benzene rings is 2. The Morgan fingerprint density at radius 1 is 1.21 bits per heavy atom. The lowest BCUT2D eigenvalue weighted by molar-refractivity contribution is -0.385. The maximum atomic E-state index is 12.0. The third kappa shape index (κ3) is 5.38. The average Bonchev–Trinajstić information content (AvgIpc) is 3.21. The van der Waals surface area contributed by atoms with Crippen LogP contribution in [-0.4, -0.2) is 28.1 Å². The molecule has 9 nitrogen and oxygen atoms in total. The fourth-order valence-corrected chi connectivity index (χ4v) is 2.73. The van der Waals surface area contributed by atoms with E-state index in [1.54, 1.807) is 25.3 Å². The van der Waals surface area contributed by atoms with E-state index >= 15 is 0 Å². The molecule has 1 N–H and O–H groups in total. The van der Waals surface area contributed by atoms with Gasteiger partial charge in [-0.25, -0.2) is 0 Å². The number of aryl methyl sites for hydroxylation is 1. The van der Waals surface area contributed by atoms with Crippen LogP contribution in [0.3, 0.4) is 0 Å². The molecule has 1 heterocycles. The number of hydrogen-bond acceptors (Lipinski definition) is 7. The van der Waals surface area contributed by atoms with Crippen molar-refractivity contribution in [3.63, 3.8) is 0 Å². The fraction of sp³-hybridized carbons (Fsp3) is 0.250. The molecular weight excluding hydrogens is 376 g/mol. The summed E-state index contributed by atoms with van der Waals surface area (Å²) in [7, 11) is 1.60. The van der Waals surface area contributed by atoms with Crippen molar-refractivity contribution in [2.45, 2.75) is 25.8 Å². The molecule has 3 rings (SSSR count). The first-order chi connectivity index (χ1) is 14.1. The van der Waals surface area contributed by atoms with Crippen LogP contribution in [0.4, 0.5) is 5.69 Å². The van der Waals surface area contributed by atoms with E-state index in [0.29, 0.717) is 30.1 Å². The standard InChI is InChI=1S/C20H20N4O5/c1-28-16-11-9-14(10-12-16)20-22-19(29-23-20)8-4-7-18(25)21-13-15-5-2-3-6-17(15)24(26)27/h2-3,5-6,9-12H,4,7-8,13H2,1H3,(H,21,25). The highest BCUT2D eigenvalue weighted by atomic mass is 16.6. The molecule has 3 aromatic rings. The predicted molar refractivity (Wildman–Crippen MR) is 104 cm³/mol. The van der Waals surface area contributed by atoms with E-state index in [2.05, 4.69) is 15.5 Å². The van der Waals surface area contributed by atoms with E-state index in [1.165, 1.54) is 6.07 Å². The number of methoxy groups -OCH3 is 1. The number of carbonyl (C=O) groups is 1. The minimum absolute atomic E-state index is 0.00952. The van der Waals surface area contributed by atoms with Gasteiger partial charge in [0.05, 0.1) is 12.0 Å². The van der Waals surface area contributed by atoms with Gasteiger partial charge in [-0.15, -0.1) is 0 Å². The second kappa shape index (κ2) is 9.45. The molecule has 0 saturated carbocycles. The Balaban J connectivity index is 1.46. The van der Waals surface area contributed by atoms with Crippen LogP contribution in [0.2, 0.25) is 0 Å². The first-order valence-corrected chi connectivity index (χ1v) is 9.03. The summed E-state index contributed by atoms with van der Waals surface area (Å²) in [6.07, 6.45) is 1.23. The van der Waals surface area contributed by atoms with Gasteiger partial charge in [-0.2, -0.15) is 4.98 Å². The van der Waals surface area contributed by atoms with E-state index in [0.717, 1.165) is 11.3 Å². The fourth-order valence-electron chi connectivity index (χ4n) is 2.73. The van der Waals surface area contributed by atoms with Crippen LogP contribution < -0.4 is 10.1 Å². The lowest BCUT2D eigenvalue weighted by Crippen LogP contribution is -2.23. The summed E-state index contributed by atoms with van der Waals surface area (Å²) in [4.78, 5) is 26.9. The number of ether oxygens (including phenoxy) is 1. The van der Waals surface area contributed by atoms with Crippen molar-refractivity contribution < 1.29 is 19.0 Å². The van der Waals surface area contributed by atoms with Crippen molar-refractivity contribution in [2.24, 2.45) is 0 Å². The molecule has 1 amide bonds. The number of amides is 1. The monoisotopic (exact) mass is 396 g/mol. The molecule has 29 heavy (non-hydrogen) atoms. The van der Waals surface area contributed by atoms with Gasteiger partial charge in [0.25, 0.3) is 5.69 Å². The van der Waals surface area contributed by atoms with Crippen LogP contribution in [0.15, 0.2) is 53.1 Å². The van der Waals surface area contributed by atoms with Crippen molar-refractivity contribution in [3.05, 3.63) is 70.1 Å². The van der Waals surface area contributed by atoms with E-state index < -0.39 is 4.92 Å². The molecule has 0 unspecified atom stereocenters. The number of nitrogens with one attached hydrogen (secondary N) is 1. The molecular formula is C20H20N4O5. The first kappa shape index (κ1) is 20.0. The van der Waals surface area contributed by atoms with E-state index in [1.807, 2.05) is 24.3 Å². The van der Waals surface area contributed by atoms with Crippen molar-refractivity contribution in [1.29, 1.82) is 0 Å². The Morgan fingerprint density at radius 3 is 2.69 bits per heavy atom. The molecule has 150 valence electrons. The highest BCUT2D eigenvalue weighted by molar-refractivity contribution is 5.76.